The van der Waals surface area contributed by atoms with Gasteiger partial charge in [-0.1, -0.05) is 11.6 Å². The molecule has 3 N–H and O–H groups in total. The van der Waals surface area contributed by atoms with E-state index < -0.39 is 11.6 Å². The third kappa shape index (κ3) is 3.95. The second kappa shape index (κ2) is 7.66. The number of hydrogen-bond acceptors (Lipinski definition) is 4. The van der Waals surface area contributed by atoms with Crippen LogP contribution in [-0.4, -0.2) is 39.2 Å². The Bertz CT molecular complexity index is 594. The molecule has 7 heteroatoms. The molecular weight excluding hydrogens is 318 g/mol. The molecule has 0 aliphatic carbocycles. The molecule has 0 aromatic heterocycles. The molecule has 0 saturated carbocycles. The summed E-state index contributed by atoms with van der Waals surface area (Å²) >= 11 is 6.13. The molecule has 1 aliphatic heterocycles. The molecule has 1 atom stereocenters. The molecule has 6 nitrogen and oxygen atoms in total. The molecule has 1 aliphatic rings. The fourth-order valence-corrected chi connectivity index (χ4v) is 3.15. The lowest BCUT2D eigenvalue weighted by Gasteiger charge is -2.31. The number of carbonyl (C=O) groups excluding carboxylic acids is 2. The Hall–Kier alpha value is -1.79. The van der Waals surface area contributed by atoms with Crippen molar-refractivity contribution < 1.29 is 14.3 Å². The highest BCUT2D eigenvalue weighted by atomic mass is 35.5. The minimum Gasteiger partial charge on any atom is -0.453 e. The number of hydrogen-bond donors (Lipinski definition) is 3. The monoisotopic (exact) mass is 339 g/mol. The molecule has 1 heterocycles. The summed E-state index contributed by atoms with van der Waals surface area (Å²) < 4.78 is 4.55. The second-order valence-electron chi connectivity index (χ2n) is 5.60. The fraction of sp³-hybridized carbons (Fsp3) is 0.500. The van der Waals surface area contributed by atoms with E-state index in [1.807, 2.05) is 13.1 Å². The van der Waals surface area contributed by atoms with Gasteiger partial charge in [-0.15, -0.1) is 0 Å². The number of halogens is 1. The van der Waals surface area contributed by atoms with Gasteiger partial charge in [0.25, 0.3) is 5.91 Å². The van der Waals surface area contributed by atoms with E-state index in [0.717, 1.165) is 18.5 Å². The standard InChI is InChI=1S/C16H22ClN3O3/c1-18-9-7-16(6-3-8-19-15(22)23-2)13-10-11(17)4-5-12(13)14(21)20-16/h4-5,10,18H,3,6-9H2,1-2H3,(H,19,22)(H,20,21). The Labute approximate surface area is 140 Å². The van der Waals surface area contributed by atoms with E-state index in [9.17, 15) is 9.59 Å². The van der Waals surface area contributed by atoms with Crippen LogP contribution < -0.4 is 16.0 Å². The number of fused-ring (bicyclic) bond motifs is 1. The van der Waals surface area contributed by atoms with E-state index in [1.54, 1.807) is 12.1 Å². The molecule has 23 heavy (non-hydrogen) atoms. The first-order valence-corrected chi connectivity index (χ1v) is 7.99. The zero-order valence-corrected chi connectivity index (χ0v) is 14.1. The molecule has 1 aromatic carbocycles. The van der Waals surface area contributed by atoms with Crippen LogP contribution in [0.5, 0.6) is 0 Å². The van der Waals surface area contributed by atoms with E-state index in [-0.39, 0.29) is 5.91 Å². The molecular formula is C16H22ClN3O3. The van der Waals surface area contributed by atoms with Crippen LogP contribution >= 0.6 is 11.6 Å². The third-order valence-electron chi connectivity index (χ3n) is 4.13. The van der Waals surface area contributed by atoms with Gasteiger partial charge in [0.2, 0.25) is 0 Å². The van der Waals surface area contributed by atoms with Gasteiger partial charge >= 0.3 is 6.09 Å². The van der Waals surface area contributed by atoms with Crippen molar-refractivity contribution in [3.8, 4) is 0 Å². The molecule has 2 amide bonds. The van der Waals surface area contributed by atoms with Gasteiger partial charge in [0.05, 0.1) is 12.6 Å². The van der Waals surface area contributed by atoms with Gasteiger partial charge in [0.1, 0.15) is 0 Å². The van der Waals surface area contributed by atoms with Crippen molar-refractivity contribution in [3.05, 3.63) is 34.3 Å². The number of methoxy groups -OCH3 is 1. The first kappa shape index (κ1) is 17.6. The lowest BCUT2D eigenvalue weighted by molar-refractivity contribution is 0.0919. The summed E-state index contributed by atoms with van der Waals surface area (Å²) in [5.41, 5.74) is 1.15. The van der Waals surface area contributed by atoms with Crippen LogP contribution in [-0.2, 0) is 10.3 Å². The quantitative estimate of drug-likeness (QED) is 0.664. The van der Waals surface area contributed by atoms with Gasteiger partial charge in [-0.05, 0) is 56.6 Å². The van der Waals surface area contributed by atoms with Crippen molar-refractivity contribution >= 4 is 23.6 Å². The molecule has 1 aromatic rings. The first-order chi connectivity index (χ1) is 11.0. The molecule has 0 bridgehead atoms. The van der Waals surface area contributed by atoms with Gasteiger partial charge in [-0.25, -0.2) is 4.79 Å². The Morgan fingerprint density at radius 3 is 2.83 bits per heavy atom. The number of ether oxygens (including phenoxy) is 1. The summed E-state index contributed by atoms with van der Waals surface area (Å²) in [5, 5.41) is 9.51. The van der Waals surface area contributed by atoms with Crippen molar-refractivity contribution in [3.63, 3.8) is 0 Å². The van der Waals surface area contributed by atoms with Crippen LogP contribution in [0.1, 0.15) is 35.2 Å². The fourth-order valence-electron chi connectivity index (χ4n) is 2.97. The van der Waals surface area contributed by atoms with Crippen LogP contribution in [0, 0.1) is 0 Å². The average Bonchev–Trinajstić information content (AvgIpc) is 2.81. The molecule has 0 saturated heterocycles. The number of nitrogens with one attached hydrogen (secondary N) is 3. The van der Waals surface area contributed by atoms with Crippen LogP contribution in [0.3, 0.4) is 0 Å². The van der Waals surface area contributed by atoms with E-state index in [0.29, 0.717) is 30.0 Å². The smallest absolute Gasteiger partial charge is 0.406 e. The van der Waals surface area contributed by atoms with Gasteiger partial charge in [-0.3, -0.25) is 4.79 Å². The number of alkyl carbamates (subject to hydrolysis) is 1. The van der Waals surface area contributed by atoms with Crippen LogP contribution in [0.25, 0.3) is 0 Å². The molecule has 0 radical (unpaired) electrons. The molecule has 126 valence electrons. The van der Waals surface area contributed by atoms with Crippen molar-refractivity contribution in [2.75, 3.05) is 27.2 Å². The minimum absolute atomic E-state index is 0.0753. The molecule has 1 unspecified atom stereocenters. The SMILES string of the molecule is CNCCC1(CCCNC(=O)OC)NC(=O)c2ccc(Cl)cc21. The summed E-state index contributed by atoms with van der Waals surface area (Å²) in [5.74, 6) is -0.0753. The Kier molecular flexibility index (Phi) is 5.85. The van der Waals surface area contributed by atoms with Crippen molar-refractivity contribution in [2.45, 2.75) is 24.8 Å². The van der Waals surface area contributed by atoms with E-state index in [4.69, 9.17) is 11.6 Å². The minimum atomic E-state index is -0.460. The number of carbonyl (C=O) groups is 2. The van der Waals surface area contributed by atoms with Crippen LogP contribution in [0.15, 0.2) is 18.2 Å². The Balaban J connectivity index is 2.16. The average molecular weight is 340 g/mol. The molecule has 2 rings (SSSR count). The molecule has 0 fully saturated rings. The van der Waals surface area contributed by atoms with Gasteiger partial charge in [0, 0.05) is 17.1 Å². The predicted molar refractivity (Wildman–Crippen MR) is 88.8 cm³/mol. The maximum absolute atomic E-state index is 12.3. The highest BCUT2D eigenvalue weighted by Gasteiger charge is 2.41. The normalized spacial score (nSPS) is 19.2. The van der Waals surface area contributed by atoms with Crippen molar-refractivity contribution in [2.24, 2.45) is 0 Å². The maximum atomic E-state index is 12.3. The third-order valence-corrected chi connectivity index (χ3v) is 4.37. The summed E-state index contributed by atoms with van der Waals surface area (Å²) in [6, 6.07) is 5.35. The summed E-state index contributed by atoms with van der Waals surface area (Å²) in [4.78, 5) is 23.4. The molecule has 0 spiro atoms. The van der Waals surface area contributed by atoms with E-state index in [1.165, 1.54) is 7.11 Å². The maximum Gasteiger partial charge on any atom is 0.406 e. The largest absolute Gasteiger partial charge is 0.453 e. The van der Waals surface area contributed by atoms with E-state index in [2.05, 4.69) is 20.7 Å². The van der Waals surface area contributed by atoms with Crippen LogP contribution in [0.4, 0.5) is 4.79 Å². The predicted octanol–water partition coefficient (Wildman–Crippen LogP) is 2.02. The zero-order chi connectivity index (χ0) is 16.9. The van der Waals surface area contributed by atoms with Crippen LogP contribution in [0.2, 0.25) is 5.02 Å². The van der Waals surface area contributed by atoms with Crippen molar-refractivity contribution in [1.82, 2.24) is 16.0 Å². The van der Waals surface area contributed by atoms with Gasteiger partial charge in [-0.2, -0.15) is 0 Å². The second-order valence-corrected chi connectivity index (χ2v) is 6.04. The number of rotatable bonds is 7. The van der Waals surface area contributed by atoms with E-state index >= 15 is 0 Å². The Morgan fingerprint density at radius 2 is 2.13 bits per heavy atom. The lowest BCUT2D eigenvalue weighted by atomic mass is 9.83. The number of amides is 2. The summed E-state index contributed by atoms with van der Waals surface area (Å²) in [6.07, 6.45) is 1.72. The highest BCUT2D eigenvalue weighted by molar-refractivity contribution is 6.30. The Morgan fingerprint density at radius 1 is 1.35 bits per heavy atom. The lowest BCUT2D eigenvalue weighted by Crippen LogP contribution is -2.42. The summed E-state index contributed by atoms with van der Waals surface area (Å²) in [7, 11) is 3.21. The highest BCUT2D eigenvalue weighted by Crippen LogP contribution is 2.38. The number of benzene rings is 1. The van der Waals surface area contributed by atoms with Gasteiger partial charge in [0.15, 0.2) is 0 Å². The zero-order valence-electron chi connectivity index (χ0n) is 13.4. The van der Waals surface area contributed by atoms with Gasteiger partial charge < -0.3 is 20.7 Å². The van der Waals surface area contributed by atoms with Crippen molar-refractivity contribution in [1.29, 1.82) is 0 Å². The topological polar surface area (TPSA) is 79.5 Å². The summed E-state index contributed by atoms with van der Waals surface area (Å²) in [6.45, 7) is 1.25. The first-order valence-electron chi connectivity index (χ1n) is 7.61.